The van der Waals surface area contributed by atoms with Gasteiger partial charge in [0, 0.05) is 18.4 Å². The maximum absolute atomic E-state index is 11.6. The second kappa shape index (κ2) is 6.05. The molecule has 2 aromatic carbocycles. The highest BCUT2D eigenvalue weighted by Crippen LogP contribution is 2.23. The van der Waals surface area contributed by atoms with Gasteiger partial charge in [-0.1, -0.05) is 18.2 Å². The first-order valence-corrected chi connectivity index (χ1v) is 6.28. The number of anilines is 2. The first kappa shape index (κ1) is 13.1. The van der Waals surface area contributed by atoms with Gasteiger partial charge in [0.1, 0.15) is 0 Å². The zero-order chi connectivity index (χ0) is 13.7. The Balaban J connectivity index is 2.16. The van der Waals surface area contributed by atoms with Crippen LogP contribution in [-0.4, -0.2) is 19.6 Å². The maximum Gasteiger partial charge on any atom is 0.338 e. The van der Waals surface area contributed by atoms with Crippen LogP contribution in [-0.2, 0) is 4.74 Å². The van der Waals surface area contributed by atoms with Crippen LogP contribution in [0.2, 0.25) is 0 Å². The van der Waals surface area contributed by atoms with Gasteiger partial charge in [-0.2, -0.15) is 0 Å². The molecular formula is C16H17NO2. The molecule has 0 bridgehead atoms. The van der Waals surface area contributed by atoms with Crippen molar-refractivity contribution in [1.29, 1.82) is 0 Å². The van der Waals surface area contributed by atoms with E-state index in [1.165, 1.54) is 0 Å². The van der Waals surface area contributed by atoms with Gasteiger partial charge >= 0.3 is 5.97 Å². The molecule has 2 rings (SSSR count). The van der Waals surface area contributed by atoms with Crippen LogP contribution >= 0.6 is 0 Å². The van der Waals surface area contributed by atoms with Crippen molar-refractivity contribution in [3.05, 3.63) is 60.2 Å². The van der Waals surface area contributed by atoms with Crippen molar-refractivity contribution < 1.29 is 9.53 Å². The van der Waals surface area contributed by atoms with Crippen LogP contribution in [0.15, 0.2) is 54.6 Å². The third kappa shape index (κ3) is 3.13. The number of esters is 1. The Labute approximate surface area is 113 Å². The van der Waals surface area contributed by atoms with E-state index in [2.05, 4.69) is 4.90 Å². The number of nitrogens with zero attached hydrogens (tertiary/aromatic N) is 1. The Morgan fingerprint density at radius 2 is 1.58 bits per heavy atom. The predicted molar refractivity (Wildman–Crippen MR) is 76.9 cm³/mol. The van der Waals surface area contributed by atoms with Crippen LogP contribution in [0.5, 0.6) is 0 Å². The zero-order valence-electron chi connectivity index (χ0n) is 11.2. The normalized spacial score (nSPS) is 10.0. The van der Waals surface area contributed by atoms with Crippen molar-refractivity contribution in [2.45, 2.75) is 6.92 Å². The minimum absolute atomic E-state index is 0.281. The number of para-hydroxylation sites is 1. The molecule has 0 fully saturated rings. The van der Waals surface area contributed by atoms with Crippen LogP contribution in [0.3, 0.4) is 0 Å². The summed E-state index contributed by atoms with van der Waals surface area (Å²) in [6.45, 7) is 2.19. The summed E-state index contributed by atoms with van der Waals surface area (Å²) in [6, 6.07) is 17.5. The summed E-state index contributed by atoms with van der Waals surface area (Å²) in [5.74, 6) is -0.281. The fraction of sp³-hybridized carbons (Fsp3) is 0.188. The Kier molecular flexibility index (Phi) is 4.18. The number of benzene rings is 2. The smallest absolute Gasteiger partial charge is 0.338 e. The Morgan fingerprint density at radius 3 is 2.16 bits per heavy atom. The van der Waals surface area contributed by atoms with Gasteiger partial charge in [-0.05, 0) is 43.3 Å². The van der Waals surface area contributed by atoms with Gasteiger partial charge in [-0.15, -0.1) is 0 Å². The number of carbonyl (C=O) groups excluding carboxylic acids is 1. The molecule has 0 saturated heterocycles. The molecule has 3 nitrogen and oxygen atoms in total. The third-order valence-corrected chi connectivity index (χ3v) is 2.91. The highest BCUT2D eigenvalue weighted by atomic mass is 16.5. The monoisotopic (exact) mass is 255 g/mol. The van der Waals surface area contributed by atoms with Gasteiger partial charge in [0.25, 0.3) is 0 Å². The molecule has 0 saturated carbocycles. The van der Waals surface area contributed by atoms with E-state index in [-0.39, 0.29) is 5.97 Å². The SMILES string of the molecule is CCOC(=O)c1ccc(N(C)c2ccccc2)cc1. The topological polar surface area (TPSA) is 29.5 Å². The Bertz CT molecular complexity index is 534. The molecule has 0 heterocycles. The summed E-state index contributed by atoms with van der Waals surface area (Å²) in [6.07, 6.45) is 0. The van der Waals surface area contributed by atoms with E-state index in [1.807, 2.05) is 49.5 Å². The molecule has 0 aliphatic heterocycles. The zero-order valence-corrected chi connectivity index (χ0v) is 11.2. The fourth-order valence-electron chi connectivity index (χ4n) is 1.84. The lowest BCUT2D eigenvalue weighted by atomic mass is 10.2. The quantitative estimate of drug-likeness (QED) is 0.781. The summed E-state index contributed by atoms with van der Waals surface area (Å²) in [7, 11) is 1.99. The van der Waals surface area contributed by atoms with Gasteiger partial charge in [0.05, 0.1) is 12.2 Å². The summed E-state index contributed by atoms with van der Waals surface area (Å²) in [4.78, 5) is 13.6. The minimum Gasteiger partial charge on any atom is -0.462 e. The Morgan fingerprint density at radius 1 is 1.00 bits per heavy atom. The fourth-order valence-corrected chi connectivity index (χ4v) is 1.84. The molecular weight excluding hydrogens is 238 g/mol. The summed E-state index contributed by atoms with van der Waals surface area (Å²) < 4.78 is 4.96. The molecule has 0 aromatic heterocycles. The van der Waals surface area contributed by atoms with E-state index < -0.39 is 0 Å². The lowest BCUT2D eigenvalue weighted by molar-refractivity contribution is 0.0526. The van der Waals surface area contributed by atoms with Gasteiger partial charge in [0.2, 0.25) is 0 Å². The number of hydrogen-bond acceptors (Lipinski definition) is 3. The molecule has 2 aromatic rings. The summed E-state index contributed by atoms with van der Waals surface area (Å²) in [5, 5.41) is 0. The Hall–Kier alpha value is -2.29. The average Bonchev–Trinajstić information content (AvgIpc) is 2.48. The predicted octanol–water partition coefficient (Wildman–Crippen LogP) is 3.63. The first-order valence-electron chi connectivity index (χ1n) is 6.28. The van der Waals surface area contributed by atoms with Crippen LogP contribution in [0.1, 0.15) is 17.3 Å². The molecule has 0 radical (unpaired) electrons. The van der Waals surface area contributed by atoms with E-state index in [0.717, 1.165) is 11.4 Å². The maximum atomic E-state index is 11.6. The summed E-state index contributed by atoms with van der Waals surface area (Å²) >= 11 is 0. The largest absolute Gasteiger partial charge is 0.462 e. The van der Waals surface area contributed by atoms with Crippen molar-refractivity contribution in [1.82, 2.24) is 0 Å². The van der Waals surface area contributed by atoms with E-state index in [0.29, 0.717) is 12.2 Å². The first-order chi connectivity index (χ1) is 9.22. The standard InChI is InChI=1S/C16H17NO2/c1-3-19-16(18)13-9-11-15(12-10-13)17(2)14-7-5-4-6-8-14/h4-12H,3H2,1-2H3. The van der Waals surface area contributed by atoms with Crippen LogP contribution < -0.4 is 4.90 Å². The van der Waals surface area contributed by atoms with Crippen molar-refractivity contribution in [3.63, 3.8) is 0 Å². The van der Waals surface area contributed by atoms with Crippen LogP contribution in [0, 0.1) is 0 Å². The van der Waals surface area contributed by atoms with E-state index in [1.54, 1.807) is 19.1 Å². The van der Waals surface area contributed by atoms with Gasteiger partial charge < -0.3 is 9.64 Å². The number of hydrogen-bond donors (Lipinski definition) is 0. The van der Waals surface area contributed by atoms with Gasteiger partial charge in [0.15, 0.2) is 0 Å². The van der Waals surface area contributed by atoms with Crippen molar-refractivity contribution in [2.24, 2.45) is 0 Å². The minimum atomic E-state index is -0.281. The van der Waals surface area contributed by atoms with Crippen molar-refractivity contribution >= 4 is 17.3 Å². The molecule has 0 aliphatic rings. The molecule has 0 atom stereocenters. The molecule has 0 unspecified atom stereocenters. The van der Waals surface area contributed by atoms with E-state index >= 15 is 0 Å². The second-order valence-corrected chi connectivity index (χ2v) is 4.16. The van der Waals surface area contributed by atoms with E-state index in [9.17, 15) is 4.79 Å². The molecule has 0 spiro atoms. The van der Waals surface area contributed by atoms with Crippen LogP contribution in [0.4, 0.5) is 11.4 Å². The molecule has 0 amide bonds. The van der Waals surface area contributed by atoms with Gasteiger partial charge in [-0.25, -0.2) is 4.79 Å². The van der Waals surface area contributed by atoms with Crippen molar-refractivity contribution in [2.75, 3.05) is 18.6 Å². The second-order valence-electron chi connectivity index (χ2n) is 4.16. The van der Waals surface area contributed by atoms with Crippen molar-refractivity contribution in [3.8, 4) is 0 Å². The lowest BCUT2D eigenvalue weighted by Crippen LogP contribution is -2.10. The summed E-state index contributed by atoms with van der Waals surface area (Å²) in [5.41, 5.74) is 2.71. The molecule has 98 valence electrons. The molecule has 19 heavy (non-hydrogen) atoms. The van der Waals surface area contributed by atoms with Gasteiger partial charge in [-0.3, -0.25) is 0 Å². The average molecular weight is 255 g/mol. The number of rotatable bonds is 4. The lowest BCUT2D eigenvalue weighted by Gasteiger charge is -2.19. The number of carbonyl (C=O) groups is 1. The molecule has 3 heteroatoms. The van der Waals surface area contributed by atoms with Crippen LogP contribution in [0.25, 0.3) is 0 Å². The molecule has 0 aliphatic carbocycles. The molecule has 0 N–H and O–H groups in total. The number of ether oxygens (including phenoxy) is 1. The highest BCUT2D eigenvalue weighted by molar-refractivity contribution is 5.90. The third-order valence-electron chi connectivity index (χ3n) is 2.91. The highest BCUT2D eigenvalue weighted by Gasteiger charge is 2.07. The van der Waals surface area contributed by atoms with E-state index in [4.69, 9.17) is 4.74 Å².